The van der Waals surface area contributed by atoms with E-state index >= 15 is 0 Å². The van der Waals surface area contributed by atoms with E-state index in [1.165, 1.54) is 0 Å². The first kappa shape index (κ1) is 34.9. The van der Waals surface area contributed by atoms with Gasteiger partial charge in [0.25, 0.3) is 0 Å². The van der Waals surface area contributed by atoms with Crippen molar-refractivity contribution in [1.29, 1.82) is 0 Å². The van der Waals surface area contributed by atoms with Crippen LogP contribution in [0.4, 0.5) is 0 Å². The lowest BCUT2D eigenvalue weighted by Crippen LogP contribution is -2.57. The minimum Gasteiger partial charge on any atom is -0.494 e. The molecule has 250 valence electrons. The Bertz CT molecular complexity index is 1340. The number of hydrogen-bond acceptors (Lipinski definition) is 6. The molecule has 10 heteroatoms. The van der Waals surface area contributed by atoms with Gasteiger partial charge in [-0.1, -0.05) is 50.2 Å². The Balaban J connectivity index is 1.64. The van der Waals surface area contributed by atoms with Crippen molar-refractivity contribution < 1.29 is 29.0 Å². The Morgan fingerprint density at radius 2 is 1.83 bits per heavy atom. The first-order valence-electron chi connectivity index (χ1n) is 16.7. The van der Waals surface area contributed by atoms with Crippen molar-refractivity contribution in [2.75, 3.05) is 26.3 Å². The van der Waals surface area contributed by atoms with Crippen LogP contribution >= 0.6 is 0 Å². The quantitative estimate of drug-likeness (QED) is 0.351. The van der Waals surface area contributed by atoms with Gasteiger partial charge in [0, 0.05) is 19.6 Å². The number of nitrogens with zero attached hydrogens (tertiary/aromatic N) is 1. The van der Waals surface area contributed by atoms with Gasteiger partial charge in [-0.25, -0.2) is 0 Å². The van der Waals surface area contributed by atoms with Gasteiger partial charge in [-0.2, -0.15) is 0 Å². The van der Waals surface area contributed by atoms with Gasteiger partial charge in [-0.3, -0.25) is 19.2 Å². The summed E-state index contributed by atoms with van der Waals surface area (Å²) in [5.74, 6) is -0.696. The van der Waals surface area contributed by atoms with Crippen LogP contribution in [-0.2, 0) is 32.1 Å². The molecule has 1 unspecified atom stereocenters. The third-order valence-electron chi connectivity index (χ3n) is 9.78. The molecule has 10 nitrogen and oxygen atoms in total. The summed E-state index contributed by atoms with van der Waals surface area (Å²) in [5, 5.41) is 18.8. The zero-order valence-electron chi connectivity index (χ0n) is 27.5. The van der Waals surface area contributed by atoms with E-state index in [0.29, 0.717) is 45.4 Å². The Hall–Kier alpha value is -3.92. The fraction of sp³-hybridized carbons (Fsp3) is 0.556. The van der Waals surface area contributed by atoms with Gasteiger partial charge in [0.05, 0.1) is 25.0 Å². The monoisotopic (exact) mass is 634 g/mol. The molecule has 4 N–H and O–H groups in total. The highest BCUT2D eigenvalue weighted by molar-refractivity contribution is 5.96. The van der Waals surface area contributed by atoms with Crippen LogP contribution in [0.5, 0.6) is 5.75 Å². The average Bonchev–Trinajstić information content (AvgIpc) is 3.07. The minimum atomic E-state index is -1.21. The number of nitrogens with one attached hydrogen (secondary N) is 3. The van der Waals surface area contributed by atoms with Crippen molar-refractivity contribution in [2.24, 2.45) is 11.3 Å². The summed E-state index contributed by atoms with van der Waals surface area (Å²) in [6.45, 7) is 7.10. The maximum absolute atomic E-state index is 14.0. The maximum atomic E-state index is 14.0. The molecule has 0 radical (unpaired) electrons. The predicted octanol–water partition coefficient (Wildman–Crippen LogP) is 3.42. The molecular weight excluding hydrogens is 584 g/mol. The lowest BCUT2D eigenvalue weighted by molar-refractivity contribution is -0.141. The molecule has 2 aromatic carbocycles. The molecule has 1 fully saturated rings. The standard InChI is InChI=1S/C36H50N4O6/c1-4-36(5-2,24-41)35(45)39-31-21-32(42)40-18-9-12-27(23-40)17-19-46-29-15-13-25(3)28(20-29)22-37-33(43)30(38-34(31)44)16-14-26-10-7-6-8-11-26/h6-8,10-11,13,15,20,27,30-31,41H,4-5,9,12,14,16-19,21-24H2,1-3H3,(H,37,43)(H,38,44)(H,39,45)/t27?,30-,31-/m0/s1. The van der Waals surface area contributed by atoms with Gasteiger partial charge in [-0.15, -0.1) is 0 Å². The maximum Gasteiger partial charge on any atom is 0.243 e. The molecule has 4 amide bonds. The van der Waals surface area contributed by atoms with Crippen molar-refractivity contribution >= 4 is 23.6 Å². The van der Waals surface area contributed by atoms with Crippen LogP contribution in [0, 0.1) is 18.3 Å². The van der Waals surface area contributed by atoms with Gasteiger partial charge in [0.15, 0.2) is 0 Å². The highest BCUT2D eigenvalue weighted by atomic mass is 16.5. The number of aryl methyl sites for hydroxylation is 2. The fourth-order valence-electron chi connectivity index (χ4n) is 6.29. The molecular formula is C36H50N4O6. The van der Waals surface area contributed by atoms with E-state index in [9.17, 15) is 24.3 Å². The summed E-state index contributed by atoms with van der Waals surface area (Å²) in [4.78, 5) is 56.6. The van der Waals surface area contributed by atoms with Crippen LogP contribution in [-0.4, -0.2) is 72.0 Å². The summed E-state index contributed by atoms with van der Waals surface area (Å²) in [7, 11) is 0. The fourth-order valence-corrected chi connectivity index (χ4v) is 6.29. The van der Waals surface area contributed by atoms with Crippen LogP contribution in [0.3, 0.4) is 0 Å². The third kappa shape index (κ3) is 9.09. The molecule has 46 heavy (non-hydrogen) atoms. The van der Waals surface area contributed by atoms with Gasteiger partial charge in [-0.05, 0) is 86.6 Å². The minimum absolute atomic E-state index is 0.233. The van der Waals surface area contributed by atoms with E-state index in [1.807, 2.05) is 69.3 Å². The van der Waals surface area contributed by atoms with Crippen LogP contribution < -0.4 is 20.7 Å². The zero-order valence-corrected chi connectivity index (χ0v) is 27.5. The zero-order chi connectivity index (χ0) is 33.1. The van der Waals surface area contributed by atoms with Crippen LogP contribution in [0.25, 0.3) is 0 Å². The normalized spacial score (nSPS) is 21.7. The van der Waals surface area contributed by atoms with E-state index in [1.54, 1.807) is 4.90 Å². The molecule has 4 rings (SSSR count). The average molecular weight is 635 g/mol. The molecule has 2 heterocycles. The number of aliphatic hydroxyl groups is 1. The Morgan fingerprint density at radius 3 is 2.54 bits per heavy atom. The van der Waals surface area contributed by atoms with E-state index in [2.05, 4.69) is 16.0 Å². The molecule has 0 aromatic heterocycles. The van der Waals surface area contributed by atoms with Crippen molar-refractivity contribution in [2.45, 2.75) is 90.8 Å². The third-order valence-corrected chi connectivity index (χ3v) is 9.78. The summed E-state index contributed by atoms with van der Waals surface area (Å²) >= 11 is 0. The first-order chi connectivity index (χ1) is 22.2. The van der Waals surface area contributed by atoms with E-state index in [-0.39, 0.29) is 37.3 Å². The summed E-state index contributed by atoms with van der Waals surface area (Å²) in [6.07, 6.45) is 3.94. The number of aliphatic hydroxyl groups excluding tert-OH is 1. The molecule has 2 aliphatic rings. The number of fused-ring (bicyclic) bond motifs is 4. The van der Waals surface area contributed by atoms with Crippen molar-refractivity contribution in [3.63, 3.8) is 0 Å². The summed E-state index contributed by atoms with van der Waals surface area (Å²) in [5.41, 5.74) is 1.86. The van der Waals surface area contributed by atoms with Crippen LogP contribution in [0.1, 0.15) is 75.5 Å². The van der Waals surface area contributed by atoms with Crippen LogP contribution in [0.2, 0.25) is 0 Å². The van der Waals surface area contributed by atoms with Gasteiger partial charge >= 0.3 is 0 Å². The van der Waals surface area contributed by atoms with E-state index < -0.39 is 29.3 Å². The molecule has 0 aliphatic carbocycles. The number of benzene rings is 2. The van der Waals surface area contributed by atoms with Crippen molar-refractivity contribution in [3.05, 3.63) is 65.2 Å². The highest BCUT2D eigenvalue weighted by Crippen LogP contribution is 2.27. The number of piperidine rings is 1. The lowest BCUT2D eigenvalue weighted by Gasteiger charge is -2.35. The molecule has 3 atom stereocenters. The second kappa shape index (κ2) is 16.6. The predicted molar refractivity (Wildman–Crippen MR) is 176 cm³/mol. The topological polar surface area (TPSA) is 137 Å². The number of hydrogen-bond donors (Lipinski definition) is 4. The Morgan fingerprint density at radius 1 is 1.07 bits per heavy atom. The molecule has 2 aromatic rings. The van der Waals surface area contributed by atoms with Gasteiger partial charge < -0.3 is 30.7 Å². The van der Waals surface area contributed by atoms with Gasteiger partial charge in [0.1, 0.15) is 17.8 Å². The van der Waals surface area contributed by atoms with Crippen molar-refractivity contribution in [3.8, 4) is 5.75 Å². The van der Waals surface area contributed by atoms with E-state index in [4.69, 9.17) is 4.74 Å². The molecule has 4 bridgehead atoms. The SMILES string of the molecule is CCC(CC)(CO)C(=O)N[C@H]1CC(=O)N2CCCC(CCOc3ccc(C)c(c3)CNC(=O)[C@H](CCc3ccccc3)NC1=O)C2. The Kier molecular flexibility index (Phi) is 12.6. The number of carbonyl (C=O) groups is 4. The number of carbonyl (C=O) groups excluding carboxylic acids is 4. The largest absolute Gasteiger partial charge is 0.494 e. The second-order valence-electron chi connectivity index (χ2n) is 12.8. The number of rotatable bonds is 8. The molecule has 0 saturated carbocycles. The molecule has 0 spiro atoms. The molecule has 2 aliphatic heterocycles. The lowest BCUT2D eigenvalue weighted by atomic mass is 9.82. The van der Waals surface area contributed by atoms with Crippen molar-refractivity contribution in [1.82, 2.24) is 20.9 Å². The van der Waals surface area contributed by atoms with Crippen LogP contribution in [0.15, 0.2) is 48.5 Å². The number of ether oxygens (including phenoxy) is 1. The summed E-state index contributed by atoms with van der Waals surface area (Å²) in [6, 6.07) is 13.4. The van der Waals surface area contributed by atoms with Gasteiger partial charge in [0.2, 0.25) is 23.6 Å². The smallest absolute Gasteiger partial charge is 0.243 e. The summed E-state index contributed by atoms with van der Waals surface area (Å²) < 4.78 is 6.10. The molecule has 1 saturated heterocycles. The second-order valence-corrected chi connectivity index (χ2v) is 12.8. The number of amides is 4. The first-order valence-corrected chi connectivity index (χ1v) is 16.7. The van der Waals surface area contributed by atoms with E-state index in [0.717, 1.165) is 41.7 Å². The Labute approximate surface area is 272 Å². The highest BCUT2D eigenvalue weighted by Gasteiger charge is 2.38.